The van der Waals surface area contributed by atoms with E-state index in [4.69, 9.17) is 9.84 Å². The Balaban J connectivity index is 2.47. The minimum Gasteiger partial charge on any atom is -0.480 e. The number of rotatable bonds is 6. The summed E-state index contributed by atoms with van der Waals surface area (Å²) in [5, 5.41) is 20.5. The maximum Gasteiger partial charge on any atom is 0.408 e. The van der Waals surface area contributed by atoms with Crippen LogP contribution in [0.25, 0.3) is 0 Å². The van der Waals surface area contributed by atoms with Crippen molar-refractivity contribution in [1.29, 1.82) is 0 Å². The predicted molar refractivity (Wildman–Crippen MR) is 67.5 cm³/mol. The molecule has 3 N–H and O–H groups in total. The molecule has 19 heavy (non-hydrogen) atoms. The summed E-state index contributed by atoms with van der Waals surface area (Å²) in [7, 11) is 0. The number of amides is 1. The summed E-state index contributed by atoms with van der Waals surface area (Å²) in [6.07, 6.45) is -1.80. The summed E-state index contributed by atoms with van der Waals surface area (Å²) in [6.45, 7) is 1.67. The van der Waals surface area contributed by atoms with Crippen LogP contribution in [0.3, 0.4) is 0 Å². The Labute approximate surface area is 111 Å². The number of aliphatic hydroxyl groups is 1. The summed E-state index contributed by atoms with van der Waals surface area (Å²) in [6, 6.07) is 7.63. The van der Waals surface area contributed by atoms with E-state index in [2.05, 4.69) is 5.32 Å². The van der Waals surface area contributed by atoms with Gasteiger partial charge in [0.1, 0.15) is 6.61 Å². The molecule has 0 aliphatic carbocycles. The number of aliphatic carboxylic acids is 1. The van der Waals surface area contributed by atoms with Crippen molar-refractivity contribution in [3.05, 3.63) is 35.9 Å². The van der Waals surface area contributed by atoms with Crippen LogP contribution in [0.2, 0.25) is 0 Å². The van der Waals surface area contributed by atoms with Crippen LogP contribution in [0.1, 0.15) is 18.9 Å². The number of hydrogen-bond acceptors (Lipinski definition) is 4. The molecule has 0 bridgehead atoms. The second-order valence-corrected chi connectivity index (χ2v) is 4.00. The number of carboxylic acid groups (broad SMARTS) is 1. The highest BCUT2D eigenvalue weighted by Crippen LogP contribution is 2.03. The van der Waals surface area contributed by atoms with Gasteiger partial charge in [0, 0.05) is 0 Å². The Bertz CT molecular complexity index is 420. The first-order chi connectivity index (χ1) is 9.04. The summed E-state index contributed by atoms with van der Waals surface area (Å²) >= 11 is 0. The zero-order valence-electron chi connectivity index (χ0n) is 10.6. The maximum atomic E-state index is 11.4. The van der Waals surface area contributed by atoms with Crippen LogP contribution >= 0.6 is 0 Å². The fraction of sp³-hybridized carbons (Fsp3) is 0.385. The summed E-state index contributed by atoms with van der Waals surface area (Å²) in [5.74, 6) is -1.30. The topological polar surface area (TPSA) is 95.9 Å². The number of aliphatic hydroxyl groups excluding tert-OH is 1. The number of carbonyl (C=O) groups is 2. The molecule has 6 nitrogen and oxygen atoms in total. The Kier molecular flexibility index (Phi) is 5.81. The minimum atomic E-state index is -1.37. The van der Waals surface area contributed by atoms with E-state index in [0.717, 1.165) is 5.56 Å². The number of hydrogen-bond donors (Lipinski definition) is 3. The van der Waals surface area contributed by atoms with Crippen molar-refractivity contribution in [2.75, 3.05) is 0 Å². The second-order valence-electron chi connectivity index (χ2n) is 4.00. The lowest BCUT2D eigenvalue weighted by atomic mass is 10.1. The number of carbonyl (C=O) groups excluding carboxylic acids is 1. The zero-order chi connectivity index (χ0) is 14.3. The number of carboxylic acids is 1. The van der Waals surface area contributed by atoms with Gasteiger partial charge in [0.25, 0.3) is 0 Å². The van der Waals surface area contributed by atoms with Crippen LogP contribution in [0.5, 0.6) is 0 Å². The van der Waals surface area contributed by atoms with Crippen molar-refractivity contribution in [3.8, 4) is 0 Å². The standard InChI is InChI=1S/C13H17NO5/c1-2-10(15)11(12(16)17)14-13(18)19-8-9-6-4-3-5-7-9/h3-7,10-11,15H,2,8H2,1H3,(H,14,18)(H,16,17)/t10-,11+/m0/s1. The molecule has 0 saturated carbocycles. The molecule has 0 fully saturated rings. The highest BCUT2D eigenvalue weighted by molar-refractivity contribution is 5.80. The third-order valence-electron chi connectivity index (χ3n) is 2.56. The van der Waals surface area contributed by atoms with Gasteiger partial charge in [-0.3, -0.25) is 0 Å². The first kappa shape index (κ1) is 15.0. The van der Waals surface area contributed by atoms with E-state index in [-0.39, 0.29) is 13.0 Å². The van der Waals surface area contributed by atoms with E-state index < -0.39 is 24.2 Å². The molecule has 0 heterocycles. The molecule has 0 radical (unpaired) electrons. The Hall–Kier alpha value is -2.08. The normalized spacial score (nSPS) is 13.4. The molecule has 1 amide bonds. The molecule has 0 aromatic heterocycles. The number of ether oxygens (including phenoxy) is 1. The van der Waals surface area contributed by atoms with Gasteiger partial charge in [0.05, 0.1) is 6.10 Å². The quantitative estimate of drug-likeness (QED) is 0.718. The van der Waals surface area contributed by atoms with Crippen molar-refractivity contribution in [2.24, 2.45) is 0 Å². The van der Waals surface area contributed by atoms with E-state index in [1.54, 1.807) is 31.2 Å². The summed E-state index contributed by atoms with van der Waals surface area (Å²) < 4.78 is 4.88. The molecule has 6 heteroatoms. The summed E-state index contributed by atoms with van der Waals surface area (Å²) in [4.78, 5) is 22.3. The smallest absolute Gasteiger partial charge is 0.408 e. The highest BCUT2D eigenvalue weighted by atomic mass is 16.5. The number of alkyl carbamates (subject to hydrolysis) is 1. The fourth-order valence-corrected chi connectivity index (χ4v) is 1.45. The predicted octanol–water partition coefficient (Wildman–Crippen LogP) is 1.14. The highest BCUT2D eigenvalue weighted by Gasteiger charge is 2.27. The van der Waals surface area contributed by atoms with E-state index in [1.165, 1.54) is 0 Å². The molecule has 0 unspecified atom stereocenters. The van der Waals surface area contributed by atoms with Crippen molar-refractivity contribution in [2.45, 2.75) is 32.1 Å². The molecule has 0 spiro atoms. The zero-order valence-corrected chi connectivity index (χ0v) is 10.6. The van der Waals surface area contributed by atoms with Gasteiger partial charge >= 0.3 is 12.1 Å². The molecular weight excluding hydrogens is 250 g/mol. The number of benzene rings is 1. The minimum absolute atomic E-state index is 0.0429. The van der Waals surface area contributed by atoms with Gasteiger partial charge < -0.3 is 20.3 Å². The Morgan fingerprint density at radius 3 is 2.47 bits per heavy atom. The SMILES string of the molecule is CC[C@H](O)[C@@H](NC(=O)OCc1ccccc1)C(=O)O. The van der Waals surface area contributed by atoms with Crippen LogP contribution in [0.15, 0.2) is 30.3 Å². The van der Waals surface area contributed by atoms with Gasteiger partial charge in [0.15, 0.2) is 6.04 Å². The Morgan fingerprint density at radius 1 is 1.32 bits per heavy atom. The van der Waals surface area contributed by atoms with Crippen LogP contribution in [-0.4, -0.2) is 34.4 Å². The van der Waals surface area contributed by atoms with Crippen LogP contribution in [0.4, 0.5) is 4.79 Å². The van der Waals surface area contributed by atoms with Crippen molar-refractivity contribution >= 4 is 12.1 Å². The van der Waals surface area contributed by atoms with E-state index in [9.17, 15) is 14.7 Å². The lowest BCUT2D eigenvalue weighted by molar-refractivity contribution is -0.142. The van der Waals surface area contributed by atoms with E-state index in [0.29, 0.717) is 0 Å². The maximum absolute atomic E-state index is 11.4. The average molecular weight is 267 g/mol. The van der Waals surface area contributed by atoms with Crippen LogP contribution in [-0.2, 0) is 16.1 Å². The van der Waals surface area contributed by atoms with Gasteiger partial charge in [-0.25, -0.2) is 9.59 Å². The van der Waals surface area contributed by atoms with Crippen molar-refractivity contribution in [3.63, 3.8) is 0 Å². The largest absolute Gasteiger partial charge is 0.480 e. The first-order valence-corrected chi connectivity index (χ1v) is 5.92. The molecule has 1 aromatic rings. The van der Waals surface area contributed by atoms with Gasteiger partial charge in [-0.1, -0.05) is 37.3 Å². The molecule has 1 rings (SSSR count). The molecule has 1 aromatic carbocycles. The van der Waals surface area contributed by atoms with E-state index in [1.807, 2.05) is 6.07 Å². The Morgan fingerprint density at radius 2 is 1.95 bits per heavy atom. The second kappa shape index (κ2) is 7.38. The van der Waals surface area contributed by atoms with Gasteiger partial charge in [-0.05, 0) is 12.0 Å². The van der Waals surface area contributed by atoms with Gasteiger partial charge in [-0.2, -0.15) is 0 Å². The molecular formula is C13H17NO5. The third-order valence-corrected chi connectivity index (χ3v) is 2.56. The number of nitrogens with one attached hydrogen (secondary N) is 1. The first-order valence-electron chi connectivity index (χ1n) is 5.92. The lowest BCUT2D eigenvalue weighted by Gasteiger charge is -2.18. The molecule has 0 aliphatic heterocycles. The molecule has 104 valence electrons. The third kappa shape index (κ3) is 4.97. The van der Waals surface area contributed by atoms with Crippen molar-refractivity contribution < 1.29 is 24.5 Å². The van der Waals surface area contributed by atoms with Gasteiger partial charge in [-0.15, -0.1) is 0 Å². The fourth-order valence-electron chi connectivity index (χ4n) is 1.45. The average Bonchev–Trinajstić information content (AvgIpc) is 2.42. The summed E-state index contributed by atoms with van der Waals surface area (Å²) in [5.41, 5.74) is 0.792. The lowest BCUT2D eigenvalue weighted by Crippen LogP contribution is -2.48. The molecule has 0 saturated heterocycles. The molecule has 2 atom stereocenters. The van der Waals surface area contributed by atoms with E-state index >= 15 is 0 Å². The van der Waals surface area contributed by atoms with Crippen LogP contribution in [0, 0.1) is 0 Å². The van der Waals surface area contributed by atoms with Crippen molar-refractivity contribution in [1.82, 2.24) is 5.32 Å². The van der Waals surface area contributed by atoms with Gasteiger partial charge in [0.2, 0.25) is 0 Å². The van der Waals surface area contributed by atoms with Crippen LogP contribution < -0.4 is 5.32 Å². The monoisotopic (exact) mass is 267 g/mol. The molecule has 0 aliphatic rings.